The SMILES string of the molecule is CCNC(=O)C(C)NC(=O)c1cccnc1F. The average Bonchev–Trinajstić information content (AvgIpc) is 2.29. The van der Waals surface area contributed by atoms with E-state index in [4.69, 9.17) is 0 Å². The Morgan fingerprint density at radius 3 is 2.82 bits per heavy atom. The van der Waals surface area contributed by atoms with Crippen molar-refractivity contribution < 1.29 is 14.0 Å². The first-order valence-electron chi connectivity index (χ1n) is 5.25. The summed E-state index contributed by atoms with van der Waals surface area (Å²) in [7, 11) is 0. The molecule has 0 fully saturated rings. The molecule has 0 aliphatic carbocycles. The molecule has 17 heavy (non-hydrogen) atoms. The lowest BCUT2D eigenvalue weighted by Gasteiger charge is -2.13. The van der Waals surface area contributed by atoms with Gasteiger partial charge in [-0.2, -0.15) is 4.39 Å². The number of hydrogen-bond donors (Lipinski definition) is 2. The minimum atomic E-state index is -0.854. The van der Waals surface area contributed by atoms with E-state index in [-0.39, 0.29) is 11.5 Å². The molecular formula is C11H14FN3O2. The summed E-state index contributed by atoms with van der Waals surface area (Å²) in [5, 5.41) is 4.94. The fourth-order valence-corrected chi connectivity index (χ4v) is 1.22. The number of hydrogen-bond acceptors (Lipinski definition) is 3. The minimum Gasteiger partial charge on any atom is -0.355 e. The van der Waals surface area contributed by atoms with Gasteiger partial charge in [0.25, 0.3) is 5.91 Å². The highest BCUT2D eigenvalue weighted by molar-refractivity contribution is 5.97. The van der Waals surface area contributed by atoms with Gasteiger partial charge in [-0.25, -0.2) is 4.98 Å². The van der Waals surface area contributed by atoms with Crippen LogP contribution < -0.4 is 10.6 Å². The predicted octanol–water partition coefficient (Wildman–Crippen LogP) is 0.475. The van der Waals surface area contributed by atoms with E-state index in [0.717, 1.165) is 0 Å². The fourth-order valence-electron chi connectivity index (χ4n) is 1.22. The molecule has 1 aromatic rings. The number of pyridine rings is 1. The van der Waals surface area contributed by atoms with E-state index in [1.54, 1.807) is 6.92 Å². The Morgan fingerprint density at radius 2 is 2.24 bits per heavy atom. The number of nitrogens with one attached hydrogen (secondary N) is 2. The quantitative estimate of drug-likeness (QED) is 0.750. The van der Waals surface area contributed by atoms with Crippen molar-refractivity contribution in [1.82, 2.24) is 15.6 Å². The zero-order valence-corrected chi connectivity index (χ0v) is 9.66. The highest BCUT2D eigenvalue weighted by atomic mass is 19.1. The zero-order chi connectivity index (χ0) is 12.8. The lowest BCUT2D eigenvalue weighted by molar-refractivity contribution is -0.122. The summed E-state index contributed by atoms with van der Waals surface area (Å²) in [5.74, 6) is -1.83. The van der Waals surface area contributed by atoms with Gasteiger partial charge >= 0.3 is 0 Å². The van der Waals surface area contributed by atoms with E-state index in [0.29, 0.717) is 6.54 Å². The summed E-state index contributed by atoms with van der Waals surface area (Å²) in [6.07, 6.45) is 1.25. The van der Waals surface area contributed by atoms with E-state index < -0.39 is 17.9 Å². The van der Waals surface area contributed by atoms with Crippen LogP contribution in [0.3, 0.4) is 0 Å². The Hall–Kier alpha value is -1.98. The van der Waals surface area contributed by atoms with Gasteiger partial charge in [-0.1, -0.05) is 0 Å². The number of halogens is 1. The van der Waals surface area contributed by atoms with Crippen LogP contribution in [-0.2, 0) is 4.79 Å². The first-order valence-corrected chi connectivity index (χ1v) is 5.25. The minimum absolute atomic E-state index is 0.177. The fraction of sp³-hybridized carbons (Fsp3) is 0.364. The van der Waals surface area contributed by atoms with E-state index in [9.17, 15) is 14.0 Å². The maximum atomic E-state index is 13.2. The number of nitrogens with zero attached hydrogens (tertiary/aromatic N) is 1. The van der Waals surface area contributed by atoms with Gasteiger partial charge in [0.1, 0.15) is 6.04 Å². The molecule has 0 saturated carbocycles. The second kappa shape index (κ2) is 5.93. The lowest BCUT2D eigenvalue weighted by atomic mass is 10.2. The first-order chi connectivity index (χ1) is 8.06. The summed E-state index contributed by atoms with van der Waals surface area (Å²) >= 11 is 0. The van der Waals surface area contributed by atoms with E-state index >= 15 is 0 Å². The van der Waals surface area contributed by atoms with Crippen molar-refractivity contribution in [3.05, 3.63) is 29.8 Å². The molecule has 6 heteroatoms. The van der Waals surface area contributed by atoms with Crippen molar-refractivity contribution in [3.8, 4) is 0 Å². The number of rotatable bonds is 4. The average molecular weight is 239 g/mol. The number of carbonyl (C=O) groups excluding carboxylic acids is 2. The van der Waals surface area contributed by atoms with Gasteiger partial charge in [0.2, 0.25) is 11.9 Å². The van der Waals surface area contributed by atoms with Gasteiger partial charge in [-0.3, -0.25) is 9.59 Å². The van der Waals surface area contributed by atoms with Gasteiger partial charge in [-0.15, -0.1) is 0 Å². The first kappa shape index (κ1) is 13.1. The third kappa shape index (κ3) is 3.51. The highest BCUT2D eigenvalue weighted by Gasteiger charge is 2.18. The Morgan fingerprint density at radius 1 is 1.53 bits per heavy atom. The molecule has 0 saturated heterocycles. The third-order valence-corrected chi connectivity index (χ3v) is 2.10. The molecule has 92 valence electrons. The van der Waals surface area contributed by atoms with Crippen molar-refractivity contribution in [2.45, 2.75) is 19.9 Å². The molecule has 1 atom stereocenters. The van der Waals surface area contributed by atoms with Crippen LogP contribution in [0.25, 0.3) is 0 Å². The van der Waals surface area contributed by atoms with Crippen LogP contribution in [0.15, 0.2) is 18.3 Å². The molecule has 0 radical (unpaired) electrons. The topological polar surface area (TPSA) is 71.1 Å². The molecule has 0 aromatic carbocycles. The lowest BCUT2D eigenvalue weighted by Crippen LogP contribution is -2.44. The van der Waals surface area contributed by atoms with E-state index in [1.165, 1.54) is 25.3 Å². The van der Waals surface area contributed by atoms with Gasteiger partial charge in [0.05, 0.1) is 5.56 Å². The number of aromatic nitrogens is 1. The van der Waals surface area contributed by atoms with Crippen LogP contribution in [-0.4, -0.2) is 29.4 Å². The molecule has 1 heterocycles. The Kier molecular flexibility index (Phi) is 4.56. The zero-order valence-electron chi connectivity index (χ0n) is 9.66. The molecule has 1 unspecified atom stereocenters. The molecule has 1 aromatic heterocycles. The Bertz CT molecular complexity index is 423. The molecule has 0 spiro atoms. The van der Waals surface area contributed by atoms with Crippen molar-refractivity contribution in [2.75, 3.05) is 6.54 Å². The van der Waals surface area contributed by atoms with Gasteiger partial charge < -0.3 is 10.6 Å². The number of carbonyl (C=O) groups is 2. The molecule has 0 aliphatic rings. The molecular weight excluding hydrogens is 225 g/mol. The summed E-state index contributed by atoms with van der Waals surface area (Å²) in [6.45, 7) is 3.77. The normalized spacial score (nSPS) is 11.7. The van der Waals surface area contributed by atoms with Crippen LogP contribution in [0.5, 0.6) is 0 Å². The molecule has 1 rings (SSSR count). The van der Waals surface area contributed by atoms with Gasteiger partial charge in [-0.05, 0) is 26.0 Å². The van der Waals surface area contributed by atoms with Crippen LogP contribution >= 0.6 is 0 Å². The summed E-state index contributed by atoms with van der Waals surface area (Å²) < 4.78 is 13.2. The summed E-state index contributed by atoms with van der Waals surface area (Å²) in [4.78, 5) is 26.3. The maximum Gasteiger partial charge on any atom is 0.256 e. The molecule has 2 amide bonds. The monoisotopic (exact) mass is 239 g/mol. The van der Waals surface area contributed by atoms with E-state index in [2.05, 4.69) is 15.6 Å². The van der Waals surface area contributed by atoms with Gasteiger partial charge in [0, 0.05) is 12.7 Å². The largest absolute Gasteiger partial charge is 0.355 e. The standard InChI is InChI=1S/C11H14FN3O2/c1-3-13-10(16)7(2)15-11(17)8-5-4-6-14-9(8)12/h4-7H,3H2,1-2H3,(H,13,16)(H,15,17). The molecule has 2 N–H and O–H groups in total. The predicted molar refractivity (Wildman–Crippen MR) is 59.8 cm³/mol. The van der Waals surface area contributed by atoms with E-state index in [1.807, 2.05) is 0 Å². The second-order valence-corrected chi connectivity index (χ2v) is 3.43. The highest BCUT2D eigenvalue weighted by Crippen LogP contribution is 2.03. The molecule has 0 bridgehead atoms. The van der Waals surface area contributed by atoms with Crippen LogP contribution in [0.4, 0.5) is 4.39 Å². The van der Waals surface area contributed by atoms with Crippen LogP contribution in [0.1, 0.15) is 24.2 Å². The van der Waals surface area contributed by atoms with Crippen molar-refractivity contribution >= 4 is 11.8 Å². The smallest absolute Gasteiger partial charge is 0.256 e. The Balaban J connectivity index is 2.67. The molecule has 5 nitrogen and oxygen atoms in total. The maximum absolute atomic E-state index is 13.2. The van der Waals surface area contributed by atoms with Crippen LogP contribution in [0.2, 0.25) is 0 Å². The van der Waals surface area contributed by atoms with Crippen molar-refractivity contribution in [3.63, 3.8) is 0 Å². The second-order valence-electron chi connectivity index (χ2n) is 3.43. The van der Waals surface area contributed by atoms with Crippen molar-refractivity contribution in [1.29, 1.82) is 0 Å². The van der Waals surface area contributed by atoms with Gasteiger partial charge in [0.15, 0.2) is 0 Å². The van der Waals surface area contributed by atoms with Crippen LogP contribution in [0, 0.1) is 5.95 Å². The molecule has 0 aliphatic heterocycles. The third-order valence-electron chi connectivity index (χ3n) is 2.10. The Labute approximate surface area is 98.4 Å². The summed E-state index contributed by atoms with van der Waals surface area (Å²) in [5.41, 5.74) is -0.177. The number of amides is 2. The number of likely N-dealkylation sites (N-methyl/N-ethyl adjacent to an activating group) is 1. The summed E-state index contributed by atoms with van der Waals surface area (Å²) in [6, 6.07) is 2.04. The van der Waals surface area contributed by atoms with Crippen molar-refractivity contribution in [2.24, 2.45) is 0 Å².